The summed E-state index contributed by atoms with van der Waals surface area (Å²) in [7, 11) is 0. The predicted octanol–water partition coefficient (Wildman–Crippen LogP) is 3.17. The third-order valence-corrected chi connectivity index (χ3v) is 4.82. The molecule has 2 aromatic rings. The minimum absolute atomic E-state index is 0.00112. The number of nitrogens with one attached hydrogen (secondary N) is 1. The summed E-state index contributed by atoms with van der Waals surface area (Å²) in [6.07, 6.45) is -0.605. The lowest BCUT2D eigenvalue weighted by molar-refractivity contribution is -0.138. The molecule has 6 nitrogen and oxygen atoms in total. The predicted molar refractivity (Wildman–Crippen MR) is 99.5 cm³/mol. The summed E-state index contributed by atoms with van der Waals surface area (Å²) in [4.78, 5) is 11.6. The van der Waals surface area contributed by atoms with E-state index in [1.165, 1.54) is 29.4 Å². The smallest absolute Gasteiger partial charge is 0.397 e. The van der Waals surface area contributed by atoms with Gasteiger partial charge in [0, 0.05) is 5.56 Å². The average molecular weight is 412 g/mol. The number of aromatic amines is 1. The molecular formula is C18H17ClF3N5O. The Hall–Kier alpha value is -2.78. The van der Waals surface area contributed by atoms with Gasteiger partial charge in [0.2, 0.25) is 0 Å². The number of allylic oxidation sites excluding steroid dienone is 3. The molecule has 0 fully saturated rings. The number of benzene rings is 1. The summed E-state index contributed by atoms with van der Waals surface area (Å²) >= 11 is 6.02. The minimum atomic E-state index is -4.47. The quantitative estimate of drug-likeness (QED) is 0.530. The largest absolute Gasteiger partial charge is 0.416 e. The third-order valence-electron chi connectivity index (χ3n) is 4.45. The highest BCUT2D eigenvalue weighted by atomic mass is 35.5. The van der Waals surface area contributed by atoms with Crippen LogP contribution in [0.5, 0.6) is 0 Å². The number of hydrogen-bond donors (Lipinski definition) is 3. The van der Waals surface area contributed by atoms with Gasteiger partial charge in [-0.05, 0) is 36.1 Å². The fraction of sp³-hybridized carbons (Fsp3) is 0.222. The van der Waals surface area contributed by atoms with Crippen LogP contribution in [0, 0.1) is 0 Å². The first-order valence-corrected chi connectivity index (χ1v) is 8.66. The van der Waals surface area contributed by atoms with E-state index in [0.29, 0.717) is 35.4 Å². The van der Waals surface area contributed by atoms with Gasteiger partial charge in [0.05, 0.1) is 29.7 Å². The Morgan fingerprint density at radius 2 is 1.96 bits per heavy atom. The van der Waals surface area contributed by atoms with Gasteiger partial charge < -0.3 is 10.7 Å². The molecule has 148 valence electrons. The molecule has 0 saturated heterocycles. The summed E-state index contributed by atoms with van der Waals surface area (Å²) in [6, 6.07) is 5.25. The van der Waals surface area contributed by atoms with Crippen LogP contribution in [0.3, 0.4) is 0 Å². The van der Waals surface area contributed by atoms with E-state index < -0.39 is 17.3 Å². The van der Waals surface area contributed by atoms with E-state index in [0.717, 1.165) is 6.07 Å². The van der Waals surface area contributed by atoms with Crippen molar-refractivity contribution in [2.75, 3.05) is 0 Å². The van der Waals surface area contributed by atoms with Crippen molar-refractivity contribution in [3.63, 3.8) is 0 Å². The molecule has 0 spiro atoms. The second-order valence-corrected chi connectivity index (χ2v) is 6.66. The molecule has 1 heterocycles. The van der Waals surface area contributed by atoms with Gasteiger partial charge in [0.1, 0.15) is 5.02 Å². The lowest BCUT2D eigenvalue weighted by Gasteiger charge is -2.28. The van der Waals surface area contributed by atoms with Crippen LogP contribution in [0.1, 0.15) is 29.5 Å². The number of hydrazine groups is 1. The highest BCUT2D eigenvalue weighted by Gasteiger charge is 2.33. The number of nitrogens with zero attached hydrogens (tertiary/aromatic N) is 2. The van der Waals surface area contributed by atoms with E-state index >= 15 is 0 Å². The number of H-pyrrole nitrogens is 1. The zero-order chi connectivity index (χ0) is 20.5. The van der Waals surface area contributed by atoms with Gasteiger partial charge in [-0.1, -0.05) is 29.8 Å². The summed E-state index contributed by atoms with van der Waals surface area (Å²) in [5, 5.41) is 7.17. The van der Waals surface area contributed by atoms with Crippen molar-refractivity contribution in [2.45, 2.75) is 25.6 Å². The van der Waals surface area contributed by atoms with E-state index in [4.69, 9.17) is 23.2 Å². The van der Waals surface area contributed by atoms with Crippen LogP contribution in [0.25, 0.3) is 5.57 Å². The topological polar surface area (TPSA) is 101 Å². The molecule has 0 saturated carbocycles. The van der Waals surface area contributed by atoms with Crippen LogP contribution in [-0.4, -0.2) is 15.2 Å². The van der Waals surface area contributed by atoms with Crippen molar-refractivity contribution < 1.29 is 13.2 Å². The molecule has 5 N–H and O–H groups in total. The highest BCUT2D eigenvalue weighted by molar-refractivity contribution is 6.32. The van der Waals surface area contributed by atoms with Crippen molar-refractivity contribution in [1.29, 1.82) is 0 Å². The number of aromatic nitrogens is 2. The Balaban J connectivity index is 1.88. The van der Waals surface area contributed by atoms with Crippen LogP contribution in [0.4, 0.5) is 13.2 Å². The van der Waals surface area contributed by atoms with Gasteiger partial charge in [-0.25, -0.2) is 10.9 Å². The zero-order valence-corrected chi connectivity index (χ0v) is 15.3. The monoisotopic (exact) mass is 411 g/mol. The standard InChI is InChI=1S/C18H17ClF3N5O/c19-16-12(8-25-26-17(16)28)10-5-6-15(14(23)7-10)27(24)9-11-3-1-2-4-13(11)18(20,21)22/h1-4,7-8H,5-6,9,23-24H2,(H,26,28). The first-order valence-electron chi connectivity index (χ1n) is 8.28. The molecule has 3 rings (SSSR count). The van der Waals surface area contributed by atoms with Gasteiger partial charge >= 0.3 is 6.18 Å². The van der Waals surface area contributed by atoms with Crippen LogP contribution in [0.15, 0.2) is 52.7 Å². The summed E-state index contributed by atoms with van der Waals surface area (Å²) in [5.74, 6) is 6.03. The normalized spacial score (nSPS) is 14.8. The SMILES string of the molecule is NC1=C(N(N)Cc2ccccc2C(F)(F)F)CCC(c2cn[nH]c(=O)c2Cl)=C1. The minimum Gasteiger partial charge on any atom is -0.397 e. The highest BCUT2D eigenvalue weighted by Crippen LogP contribution is 2.34. The van der Waals surface area contributed by atoms with E-state index in [1.54, 1.807) is 6.08 Å². The molecule has 10 heteroatoms. The molecular weight excluding hydrogens is 395 g/mol. The van der Waals surface area contributed by atoms with Crippen molar-refractivity contribution in [1.82, 2.24) is 15.2 Å². The molecule has 28 heavy (non-hydrogen) atoms. The fourth-order valence-electron chi connectivity index (χ4n) is 3.08. The van der Waals surface area contributed by atoms with Crippen LogP contribution in [-0.2, 0) is 12.7 Å². The fourth-order valence-corrected chi connectivity index (χ4v) is 3.30. The van der Waals surface area contributed by atoms with E-state index in [-0.39, 0.29) is 17.1 Å². The third kappa shape index (κ3) is 4.05. The first kappa shape index (κ1) is 20.0. The molecule has 0 unspecified atom stereocenters. The van der Waals surface area contributed by atoms with Crippen LogP contribution in [0.2, 0.25) is 5.02 Å². The summed E-state index contributed by atoms with van der Waals surface area (Å²) in [6.45, 7) is -0.151. The molecule has 0 atom stereocenters. The van der Waals surface area contributed by atoms with Crippen molar-refractivity contribution >= 4 is 17.2 Å². The van der Waals surface area contributed by atoms with Crippen molar-refractivity contribution in [2.24, 2.45) is 11.6 Å². The van der Waals surface area contributed by atoms with Gasteiger partial charge in [-0.3, -0.25) is 4.79 Å². The van der Waals surface area contributed by atoms with E-state index in [9.17, 15) is 18.0 Å². The van der Waals surface area contributed by atoms with Gasteiger partial charge in [0.25, 0.3) is 5.56 Å². The zero-order valence-electron chi connectivity index (χ0n) is 14.6. The molecule has 0 bridgehead atoms. The Bertz CT molecular complexity index is 1010. The summed E-state index contributed by atoms with van der Waals surface area (Å²) in [5.41, 5.74) is 6.84. The second-order valence-electron chi connectivity index (χ2n) is 6.28. The Labute approximate surface area is 163 Å². The molecule has 1 aliphatic rings. The molecule has 0 aliphatic heterocycles. The van der Waals surface area contributed by atoms with E-state index in [1.807, 2.05) is 0 Å². The average Bonchev–Trinajstić information content (AvgIpc) is 2.63. The van der Waals surface area contributed by atoms with E-state index in [2.05, 4.69) is 10.2 Å². The number of hydrogen-bond acceptors (Lipinski definition) is 5. The number of rotatable bonds is 4. The van der Waals surface area contributed by atoms with Crippen LogP contribution >= 0.6 is 11.6 Å². The number of alkyl halides is 3. The van der Waals surface area contributed by atoms with Gasteiger partial charge in [-0.2, -0.15) is 18.3 Å². The van der Waals surface area contributed by atoms with Crippen molar-refractivity contribution in [3.8, 4) is 0 Å². The summed E-state index contributed by atoms with van der Waals surface area (Å²) < 4.78 is 39.5. The maximum atomic E-state index is 13.2. The first-order chi connectivity index (χ1) is 13.2. The number of nitrogens with two attached hydrogens (primary N) is 2. The van der Waals surface area contributed by atoms with Gasteiger partial charge in [0.15, 0.2) is 0 Å². The molecule has 1 aromatic carbocycles. The van der Waals surface area contributed by atoms with Crippen LogP contribution < -0.4 is 17.1 Å². The number of halogens is 4. The second kappa shape index (κ2) is 7.69. The molecule has 1 aliphatic carbocycles. The lowest BCUT2D eigenvalue weighted by atomic mass is 9.95. The van der Waals surface area contributed by atoms with Crippen molar-refractivity contribution in [3.05, 3.63) is 80.0 Å². The Morgan fingerprint density at radius 3 is 2.64 bits per heavy atom. The molecule has 0 amide bonds. The molecule has 1 aromatic heterocycles. The Kier molecular flexibility index (Phi) is 5.48. The molecule has 0 radical (unpaired) electrons. The maximum Gasteiger partial charge on any atom is 0.416 e. The maximum absolute atomic E-state index is 13.2. The van der Waals surface area contributed by atoms with Gasteiger partial charge in [-0.15, -0.1) is 0 Å². The lowest BCUT2D eigenvalue weighted by Crippen LogP contribution is -2.33. The Morgan fingerprint density at radius 1 is 1.25 bits per heavy atom.